The maximum atomic E-state index is 12.2. The molecule has 1 heterocycles. The summed E-state index contributed by atoms with van der Waals surface area (Å²) in [4.78, 5) is 12.2. The first-order valence-electron chi connectivity index (χ1n) is 7.29. The molecule has 1 amide bonds. The summed E-state index contributed by atoms with van der Waals surface area (Å²) < 4.78 is 0. The maximum absolute atomic E-state index is 12.2. The first-order valence-corrected chi connectivity index (χ1v) is 8.34. The number of thioether (sulfide) groups is 1. The summed E-state index contributed by atoms with van der Waals surface area (Å²) in [6.07, 6.45) is 0.938. The molecule has 20 heavy (non-hydrogen) atoms. The van der Waals surface area contributed by atoms with Gasteiger partial charge in [-0.3, -0.25) is 4.79 Å². The molecule has 0 spiro atoms. The molecule has 1 atom stereocenters. The van der Waals surface area contributed by atoms with Crippen LogP contribution in [0.3, 0.4) is 0 Å². The van der Waals surface area contributed by atoms with Crippen LogP contribution in [0.4, 0.5) is 5.69 Å². The molecular weight excluding hydrogens is 268 g/mol. The molecule has 1 aliphatic heterocycles. The number of hydrogen-bond donors (Lipinski definition) is 2. The predicted octanol–water partition coefficient (Wildman–Crippen LogP) is 3.18. The lowest BCUT2D eigenvalue weighted by Gasteiger charge is -2.15. The van der Waals surface area contributed by atoms with E-state index in [2.05, 4.69) is 37.5 Å². The molecule has 1 saturated heterocycles. The van der Waals surface area contributed by atoms with Crippen LogP contribution < -0.4 is 10.6 Å². The molecule has 2 rings (SSSR count). The van der Waals surface area contributed by atoms with Gasteiger partial charge in [-0.25, -0.2) is 0 Å². The Labute approximate surface area is 125 Å². The molecule has 0 aromatic heterocycles. The molecule has 1 aromatic carbocycles. The molecule has 0 saturated carbocycles. The molecule has 1 aromatic rings. The van der Waals surface area contributed by atoms with Crippen molar-refractivity contribution >= 4 is 23.4 Å². The van der Waals surface area contributed by atoms with Crippen molar-refractivity contribution in [2.45, 2.75) is 38.2 Å². The van der Waals surface area contributed by atoms with Gasteiger partial charge < -0.3 is 10.6 Å². The van der Waals surface area contributed by atoms with Gasteiger partial charge in [0.2, 0.25) is 5.91 Å². The van der Waals surface area contributed by atoms with Crippen LogP contribution in [0.1, 0.15) is 31.4 Å². The average molecular weight is 292 g/mol. The second-order valence-electron chi connectivity index (χ2n) is 5.63. The SMILES string of the molecule is Cc1c(CSC(C)C)cccc1NC(=O)C1CCNC1. The molecule has 0 aliphatic carbocycles. The third-order valence-corrected chi connectivity index (χ3v) is 4.85. The van der Waals surface area contributed by atoms with Crippen LogP contribution in [-0.2, 0) is 10.5 Å². The molecule has 1 fully saturated rings. The number of carbonyl (C=O) groups excluding carboxylic acids is 1. The minimum Gasteiger partial charge on any atom is -0.326 e. The fourth-order valence-corrected chi connectivity index (χ4v) is 3.17. The van der Waals surface area contributed by atoms with Crippen molar-refractivity contribution in [3.63, 3.8) is 0 Å². The standard InChI is InChI=1S/C16H24N2OS/c1-11(2)20-10-14-5-4-6-15(12(14)3)18-16(19)13-7-8-17-9-13/h4-6,11,13,17H,7-10H2,1-3H3,(H,18,19). The van der Waals surface area contributed by atoms with Crippen LogP contribution in [0.2, 0.25) is 0 Å². The molecule has 1 unspecified atom stereocenters. The van der Waals surface area contributed by atoms with Gasteiger partial charge in [-0.15, -0.1) is 0 Å². The summed E-state index contributed by atoms with van der Waals surface area (Å²) in [5, 5.41) is 6.95. The summed E-state index contributed by atoms with van der Waals surface area (Å²) in [6.45, 7) is 8.26. The lowest BCUT2D eigenvalue weighted by atomic mass is 10.1. The zero-order valence-electron chi connectivity index (χ0n) is 12.5. The van der Waals surface area contributed by atoms with Crippen molar-refractivity contribution in [2.75, 3.05) is 18.4 Å². The van der Waals surface area contributed by atoms with Crippen LogP contribution in [0.15, 0.2) is 18.2 Å². The van der Waals surface area contributed by atoms with E-state index in [1.54, 1.807) is 0 Å². The number of rotatable bonds is 5. The fraction of sp³-hybridized carbons (Fsp3) is 0.562. The van der Waals surface area contributed by atoms with E-state index in [0.717, 1.165) is 31.0 Å². The van der Waals surface area contributed by atoms with Gasteiger partial charge in [-0.2, -0.15) is 11.8 Å². The highest BCUT2D eigenvalue weighted by atomic mass is 32.2. The van der Waals surface area contributed by atoms with Gasteiger partial charge in [0.1, 0.15) is 0 Å². The van der Waals surface area contributed by atoms with E-state index in [0.29, 0.717) is 5.25 Å². The van der Waals surface area contributed by atoms with Gasteiger partial charge in [0.25, 0.3) is 0 Å². The number of nitrogens with one attached hydrogen (secondary N) is 2. The van der Waals surface area contributed by atoms with Crippen LogP contribution in [0.5, 0.6) is 0 Å². The Morgan fingerprint density at radius 3 is 2.95 bits per heavy atom. The van der Waals surface area contributed by atoms with E-state index in [-0.39, 0.29) is 11.8 Å². The van der Waals surface area contributed by atoms with Crippen molar-refractivity contribution in [3.8, 4) is 0 Å². The molecule has 0 radical (unpaired) electrons. The molecule has 2 N–H and O–H groups in total. The second-order valence-corrected chi connectivity index (χ2v) is 7.19. The van der Waals surface area contributed by atoms with Crippen LogP contribution in [0.25, 0.3) is 0 Å². The molecule has 110 valence electrons. The van der Waals surface area contributed by atoms with Crippen molar-refractivity contribution in [2.24, 2.45) is 5.92 Å². The van der Waals surface area contributed by atoms with E-state index >= 15 is 0 Å². The monoisotopic (exact) mass is 292 g/mol. The van der Waals surface area contributed by atoms with Crippen LogP contribution in [0, 0.1) is 12.8 Å². The molecular formula is C16H24N2OS. The van der Waals surface area contributed by atoms with Crippen molar-refractivity contribution < 1.29 is 4.79 Å². The zero-order valence-corrected chi connectivity index (χ0v) is 13.3. The molecule has 0 bridgehead atoms. The summed E-state index contributed by atoms with van der Waals surface area (Å²) >= 11 is 1.93. The van der Waals surface area contributed by atoms with E-state index in [4.69, 9.17) is 0 Å². The normalized spacial score (nSPS) is 18.5. The van der Waals surface area contributed by atoms with Gasteiger partial charge >= 0.3 is 0 Å². The number of anilines is 1. The highest BCUT2D eigenvalue weighted by molar-refractivity contribution is 7.99. The van der Waals surface area contributed by atoms with E-state index in [1.165, 1.54) is 11.1 Å². The minimum atomic E-state index is 0.114. The quantitative estimate of drug-likeness (QED) is 0.876. The molecule has 4 heteroatoms. The van der Waals surface area contributed by atoms with Gasteiger partial charge in [0.15, 0.2) is 0 Å². The first kappa shape index (κ1) is 15.4. The van der Waals surface area contributed by atoms with Gasteiger partial charge in [-0.1, -0.05) is 26.0 Å². The topological polar surface area (TPSA) is 41.1 Å². The smallest absolute Gasteiger partial charge is 0.228 e. The Hall–Kier alpha value is -1.00. The first-order chi connectivity index (χ1) is 9.58. The summed E-state index contributed by atoms with van der Waals surface area (Å²) in [7, 11) is 0. The van der Waals surface area contributed by atoms with E-state index in [9.17, 15) is 4.79 Å². The minimum absolute atomic E-state index is 0.114. The van der Waals surface area contributed by atoms with Gasteiger partial charge in [0, 0.05) is 18.0 Å². The lowest BCUT2D eigenvalue weighted by molar-refractivity contribution is -0.119. The highest BCUT2D eigenvalue weighted by Gasteiger charge is 2.22. The van der Waals surface area contributed by atoms with Crippen molar-refractivity contribution in [3.05, 3.63) is 29.3 Å². The van der Waals surface area contributed by atoms with E-state index < -0.39 is 0 Å². The highest BCUT2D eigenvalue weighted by Crippen LogP contribution is 2.25. The van der Waals surface area contributed by atoms with Gasteiger partial charge in [0.05, 0.1) is 5.92 Å². The van der Waals surface area contributed by atoms with E-state index in [1.807, 2.05) is 23.9 Å². The van der Waals surface area contributed by atoms with Crippen LogP contribution >= 0.6 is 11.8 Å². The van der Waals surface area contributed by atoms with Crippen LogP contribution in [-0.4, -0.2) is 24.2 Å². The Kier molecular flexibility index (Phi) is 5.49. The summed E-state index contributed by atoms with van der Waals surface area (Å²) in [6, 6.07) is 6.18. The van der Waals surface area contributed by atoms with Crippen molar-refractivity contribution in [1.29, 1.82) is 0 Å². The summed E-state index contributed by atoms with van der Waals surface area (Å²) in [5.74, 6) is 1.26. The predicted molar refractivity (Wildman–Crippen MR) is 87.2 cm³/mol. The third kappa shape index (κ3) is 4.00. The maximum Gasteiger partial charge on any atom is 0.228 e. The largest absolute Gasteiger partial charge is 0.326 e. The second kappa shape index (κ2) is 7.14. The molecule has 3 nitrogen and oxygen atoms in total. The number of amides is 1. The Bertz CT molecular complexity index is 468. The number of carbonyl (C=O) groups is 1. The lowest BCUT2D eigenvalue weighted by Crippen LogP contribution is -2.25. The Morgan fingerprint density at radius 1 is 1.50 bits per heavy atom. The third-order valence-electron chi connectivity index (χ3n) is 3.71. The number of benzene rings is 1. The number of hydrogen-bond acceptors (Lipinski definition) is 3. The average Bonchev–Trinajstić information content (AvgIpc) is 2.93. The summed E-state index contributed by atoms with van der Waals surface area (Å²) in [5.41, 5.74) is 3.47. The van der Waals surface area contributed by atoms with Crippen molar-refractivity contribution in [1.82, 2.24) is 5.32 Å². The Balaban J connectivity index is 2.03. The fourth-order valence-electron chi connectivity index (χ4n) is 2.34. The Morgan fingerprint density at radius 2 is 2.30 bits per heavy atom. The molecule has 1 aliphatic rings. The van der Waals surface area contributed by atoms with Gasteiger partial charge in [-0.05, 0) is 42.3 Å². The zero-order chi connectivity index (χ0) is 14.5.